The molecule has 0 saturated heterocycles. The summed E-state index contributed by atoms with van der Waals surface area (Å²) in [7, 11) is 1.63. The third-order valence-corrected chi connectivity index (χ3v) is 4.40. The number of para-hydroxylation sites is 1. The number of guanidine groups is 1. The highest BCUT2D eigenvalue weighted by Gasteiger charge is 2.11. The fraction of sp³-hybridized carbons (Fsp3) is 0.409. The number of rotatable bonds is 11. The van der Waals surface area contributed by atoms with Gasteiger partial charge in [-0.15, -0.1) is 0 Å². The Balaban J connectivity index is 1.92. The summed E-state index contributed by atoms with van der Waals surface area (Å²) in [6, 6.07) is 12.6. The standard InChI is InChI=1S/C22H30N4O4/c1-4-23-22(25-16-18-10-6-7-11-19(18)26(27)28)24-14-8-9-17-12-13-20(29-3)21(15-17)30-5-2/h6-7,10-13,15H,4-5,8-9,14,16H2,1-3H3,(H2,23,24,25). The van der Waals surface area contributed by atoms with Gasteiger partial charge in [-0.1, -0.05) is 24.3 Å². The number of hydrogen-bond donors (Lipinski definition) is 2. The number of ether oxygens (including phenoxy) is 2. The normalized spacial score (nSPS) is 11.1. The van der Waals surface area contributed by atoms with E-state index in [9.17, 15) is 10.1 Å². The first-order valence-corrected chi connectivity index (χ1v) is 10.1. The first kappa shape index (κ1) is 23.0. The van der Waals surface area contributed by atoms with Crippen LogP contribution in [0.4, 0.5) is 5.69 Å². The van der Waals surface area contributed by atoms with Crippen molar-refractivity contribution in [3.63, 3.8) is 0 Å². The first-order chi connectivity index (χ1) is 14.6. The molecule has 0 radical (unpaired) electrons. The molecule has 0 spiro atoms. The fourth-order valence-corrected chi connectivity index (χ4v) is 2.97. The lowest BCUT2D eigenvalue weighted by Crippen LogP contribution is -2.37. The Morgan fingerprint density at radius 3 is 2.63 bits per heavy atom. The van der Waals surface area contributed by atoms with Crippen LogP contribution in [0, 0.1) is 10.1 Å². The summed E-state index contributed by atoms with van der Waals surface area (Å²) in [6.45, 7) is 6.18. The van der Waals surface area contributed by atoms with Crippen molar-refractivity contribution < 1.29 is 14.4 Å². The molecule has 0 unspecified atom stereocenters. The number of nitrogens with zero attached hydrogens (tertiary/aromatic N) is 2. The molecular weight excluding hydrogens is 384 g/mol. The van der Waals surface area contributed by atoms with Gasteiger partial charge >= 0.3 is 0 Å². The van der Waals surface area contributed by atoms with Crippen molar-refractivity contribution in [3.05, 3.63) is 63.7 Å². The maximum atomic E-state index is 11.2. The second-order valence-electron chi connectivity index (χ2n) is 6.53. The van der Waals surface area contributed by atoms with Gasteiger partial charge in [0.1, 0.15) is 0 Å². The van der Waals surface area contributed by atoms with Crippen LogP contribution >= 0.6 is 0 Å². The minimum Gasteiger partial charge on any atom is -0.493 e. The number of nitro groups is 1. The zero-order chi connectivity index (χ0) is 21.8. The van der Waals surface area contributed by atoms with Gasteiger partial charge in [0.15, 0.2) is 17.5 Å². The molecule has 0 aromatic heterocycles. The van der Waals surface area contributed by atoms with Crippen LogP contribution in [0.2, 0.25) is 0 Å². The molecule has 2 rings (SSSR count). The summed E-state index contributed by atoms with van der Waals surface area (Å²) < 4.78 is 10.9. The summed E-state index contributed by atoms with van der Waals surface area (Å²) in [4.78, 5) is 15.3. The van der Waals surface area contributed by atoms with Crippen LogP contribution in [0.15, 0.2) is 47.5 Å². The minimum absolute atomic E-state index is 0.0849. The van der Waals surface area contributed by atoms with Gasteiger partial charge in [0, 0.05) is 19.2 Å². The van der Waals surface area contributed by atoms with Crippen molar-refractivity contribution in [2.45, 2.75) is 33.2 Å². The number of nitrogens with one attached hydrogen (secondary N) is 2. The summed E-state index contributed by atoms with van der Waals surface area (Å²) in [5.41, 5.74) is 1.84. The van der Waals surface area contributed by atoms with E-state index in [1.165, 1.54) is 11.6 Å². The van der Waals surface area contributed by atoms with Gasteiger partial charge in [-0.3, -0.25) is 10.1 Å². The Labute approximate surface area is 177 Å². The molecule has 0 atom stereocenters. The molecule has 8 heteroatoms. The first-order valence-electron chi connectivity index (χ1n) is 10.1. The van der Waals surface area contributed by atoms with E-state index in [1.54, 1.807) is 25.3 Å². The molecule has 162 valence electrons. The molecule has 0 saturated carbocycles. The molecule has 8 nitrogen and oxygen atoms in total. The van der Waals surface area contributed by atoms with Gasteiger partial charge < -0.3 is 20.1 Å². The van der Waals surface area contributed by atoms with Crippen LogP contribution in [0.1, 0.15) is 31.4 Å². The molecule has 0 fully saturated rings. The van der Waals surface area contributed by atoms with Crippen molar-refractivity contribution in [2.24, 2.45) is 4.99 Å². The molecule has 0 aliphatic carbocycles. The Bertz CT molecular complexity index is 855. The van der Waals surface area contributed by atoms with Crippen molar-refractivity contribution in [3.8, 4) is 11.5 Å². The zero-order valence-corrected chi connectivity index (χ0v) is 17.8. The third kappa shape index (κ3) is 6.95. The maximum Gasteiger partial charge on any atom is 0.274 e. The number of nitro benzene ring substituents is 1. The molecule has 0 aliphatic heterocycles. The molecule has 0 heterocycles. The van der Waals surface area contributed by atoms with E-state index in [0.29, 0.717) is 24.7 Å². The zero-order valence-electron chi connectivity index (χ0n) is 17.8. The smallest absolute Gasteiger partial charge is 0.274 e. The fourth-order valence-electron chi connectivity index (χ4n) is 2.97. The summed E-state index contributed by atoms with van der Waals surface area (Å²) >= 11 is 0. The molecule has 0 bridgehead atoms. The number of aryl methyl sites for hydroxylation is 1. The van der Waals surface area contributed by atoms with E-state index in [2.05, 4.69) is 15.6 Å². The Morgan fingerprint density at radius 1 is 1.13 bits per heavy atom. The van der Waals surface area contributed by atoms with Crippen LogP contribution < -0.4 is 20.1 Å². The monoisotopic (exact) mass is 414 g/mol. The molecular formula is C22H30N4O4. The van der Waals surface area contributed by atoms with Crippen molar-refractivity contribution in [1.29, 1.82) is 0 Å². The molecule has 0 amide bonds. The van der Waals surface area contributed by atoms with Crippen molar-refractivity contribution >= 4 is 11.6 Å². The predicted octanol–water partition coefficient (Wildman–Crippen LogP) is 3.69. The second-order valence-corrected chi connectivity index (χ2v) is 6.53. The van der Waals surface area contributed by atoms with Crippen LogP contribution in [-0.2, 0) is 13.0 Å². The summed E-state index contributed by atoms with van der Waals surface area (Å²) in [5, 5.41) is 17.6. The average molecular weight is 415 g/mol. The average Bonchev–Trinajstić information content (AvgIpc) is 2.75. The van der Waals surface area contributed by atoms with E-state index in [0.717, 1.165) is 30.9 Å². The lowest BCUT2D eigenvalue weighted by molar-refractivity contribution is -0.385. The molecule has 0 aliphatic rings. The van der Waals surface area contributed by atoms with E-state index in [-0.39, 0.29) is 17.2 Å². The van der Waals surface area contributed by atoms with Crippen molar-refractivity contribution in [2.75, 3.05) is 26.8 Å². The molecule has 2 aromatic carbocycles. The highest BCUT2D eigenvalue weighted by molar-refractivity contribution is 5.79. The number of benzene rings is 2. The highest BCUT2D eigenvalue weighted by atomic mass is 16.6. The van der Waals surface area contributed by atoms with E-state index in [1.807, 2.05) is 32.0 Å². The molecule has 2 N–H and O–H groups in total. The molecule has 30 heavy (non-hydrogen) atoms. The van der Waals surface area contributed by atoms with Crippen LogP contribution in [0.25, 0.3) is 0 Å². The predicted molar refractivity (Wildman–Crippen MR) is 118 cm³/mol. The third-order valence-electron chi connectivity index (χ3n) is 4.40. The van der Waals surface area contributed by atoms with Crippen LogP contribution in [0.3, 0.4) is 0 Å². The summed E-state index contributed by atoms with van der Waals surface area (Å²) in [5.74, 6) is 2.13. The van der Waals surface area contributed by atoms with Crippen molar-refractivity contribution in [1.82, 2.24) is 10.6 Å². The van der Waals surface area contributed by atoms with Gasteiger partial charge in [-0.05, 0) is 44.4 Å². The van der Waals surface area contributed by atoms with Gasteiger partial charge in [0.2, 0.25) is 0 Å². The summed E-state index contributed by atoms with van der Waals surface area (Å²) in [6.07, 6.45) is 1.77. The minimum atomic E-state index is -0.378. The topological polar surface area (TPSA) is 98.0 Å². The molecule has 2 aromatic rings. The quantitative estimate of drug-likeness (QED) is 0.191. The van der Waals surface area contributed by atoms with Gasteiger partial charge in [-0.25, -0.2) is 4.99 Å². The van der Waals surface area contributed by atoms with Gasteiger partial charge in [0.25, 0.3) is 5.69 Å². The number of aliphatic imine (C=N–C) groups is 1. The van der Waals surface area contributed by atoms with Crippen LogP contribution in [-0.4, -0.2) is 37.7 Å². The van der Waals surface area contributed by atoms with E-state index in [4.69, 9.17) is 9.47 Å². The Hall–Kier alpha value is -3.29. The lowest BCUT2D eigenvalue weighted by Gasteiger charge is -2.13. The van der Waals surface area contributed by atoms with E-state index < -0.39 is 0 Å². The largest absolute Gasteiger partial charge is 0.493 e. The Kier molecular flexibility index (Phi) is 9.44. The van der Waals surface area contributed by atoms with E-state index >= 15 is 0 Å². The lowest BCUT2D eigenvalue weighted by atomic mass is 10.1. The van der Waals surface area contributed by atoms with Gasteiger partial charge in [-0.2, -0.15) is 0 Å². The second kappa shape index (κ2) is 12.3. The highest BCUT2D eigenvalue weighted by Crippen LogP contribution is 2.28. The SMILES string of the molecule is CCNC(=NCc1ccccc1[N+](=O)[O-])NCCCc1ccc(OC)c(OCC)c1. The van der Waals surface area contributed by atoms with Gasteiger partial charge in [0.05, 0.1) is 30.7 Å². The number of methoxy groups -OCH3 is 1. The van der Waals surface area contributed by atoms with Crippen LogP contribution in [0.5, 0.6) is 11.5 Å². The Morgan fingerprint density at radius 2 is 1.93 bits per heavy atom. The number of hydrogen-bond acceptors (Lipinski definition) is 5. The maximum absolute atomic E-state index is 11.2.